The fourth-order valence-electron chi connectivity index (χ4n) is 3.06. The molecule has 4 N–H and O–H groups in total. The Morgan fingerprint density at radius 2 is 2.15 bits per heavy atom. The van der Waals surface area contributed by atoms with E-state index in [1.165, 1.54) is 12.4 Å². The maximum Gasteiger partial charge on any atom is 0.238 e. The highest BCUT2D eigenvalue weighted by Gasteiger charge is 2.20. The maximum absolute atomic E-state index is 11.4. The number of hydrogen-bond acceptors (Lipinski definition) is 7. The molecule has 140 valence electrons. The van der Waals surface area contributed by atoms with Crippen molar-refractivity contribution in [3.63, 3.8) is 0 Å². The fourth-order valence-corrected chi connectivity index (χ4v) is 3.65. The monoisotopic (exact) mass is 377 g/mol. The number of anilines is 2. The van der Waals surface area contributed by atoms with E-state index >= 15 is 0 Å². The van der Waals surface area contributed by atoms with Crippen LogP contribution in [0.15, 0.2) is 41.6 Å². The average molecular weight is 377 g/mol. The first-order chi connectivity index (χ1) is 12.5. The number of piperidine rings is 1. The number of nitrogens with one attached hydrogen (secondary N) is 1. The summed E-state index contributed by atoms with van der Waals surface area (Å²) < 4.78 is 22.9. The second kappa shape index (κ2) is 7.98. The molecule has 0 spiro atoms. The van der Waals surface area contributed by atoms with Crippen molar-refractivity contribution >= 4 is 21.7 Å². The largest absolute Gasteiger partial charge is 0.396 e. The van der Waals surface area contributed by atoms with Crippen LogP contribution in [0.2, 0.25) is 0 Å². The molecule has 0 aliphatic carbocycles. The minimum Gasteiger partial charge on any atom is -0.396 e. The van der Waals surface area contributed by atoms with Crippen molar-refractivity contribution in [2.24, 2.45) is 11.1 Å². The summed E-state index contributed by atoms with van der Waals surface area (Å²) in [5.41, 5.74) is 0.787. The third-order valence-corrected chi connectivity index (χ3v) is 5.37. The second-order valence-corrected chi connectivity index (χ2v) is 8.01. The number of primary sulfonamides is 1. The van der Waals surface area contributed by atoms with E-state index in [9.17, 15) is 13.5 Å². The van der Waals surface area contributed by atoms with Crippen LogP contribution in [0, 0.1) is 5.92 Å². The predicted molar refractivity (Wildman–Crippen MR) is 99.2 cm³/mol. The van der Waals surface area contributed by atoms with Gasteiger partial charge in [0.05, 0.1) is 4.90 Å². The number of sulfonamides is 1. The van der Waals surface area contributed by atoms with E-state index in [0.717, 1.165) is 37.3 Å². The molecule has 1 aromatic heterocycles. The van der Waals surface area contributed by atoms with E-state index in [0.29, 0.717) is 12.4 Å². The summed E-state index contributed by atoms with van der Waals surface area (Å²) in [6, 6.07) is 8.35. The number of aromatic nitrogens is 2. The molecule has 0 saturated carbocycles. The van der Waals surface area contributed by atoms with Crippen LogP contribution in [0.3, 0.4) is 0 Å². The second-order valence-electron chi connectivity index (χ2n) is 6.44. The van der Waals surface area contributed by atoms with E-state index in [4.69, 9.17) is 5.14 Å². The van der Waals surface area contributed by atoms with Crippen LogP contribution in [-0.4, -0.2) is 43.2 Å². The van der Waals surface area contributed by atoms with Gasteiger partial charge in [0, 0.05) is 32.3 Å². The van der Waals surface area contributed by atoms with E-state index in [1.54, 1.807) is 12.1 Å². The molecule has 0 radical (unpaired) electrons. The molecule has 26 heavy (non-hydrogen) atoms. The Balaban J connectivity index is 1.68. The molecule has 1 saturated heterocycles. The van der Waals surface area contributed by atoms with Crippen molar-refractivity contribution in [2.45, 2.75) is 24.3 Å². The summed E-state index contributed by atoms with van der Waals surface area (Å²) in [5.74, 6) is 1.75. The zero-order valence-corrected chi connectivity index (χ0v) is 15.2. The molecular weight excluding hydrogens is 354 g/mol. The molecule has 1 aliphatic heterocycles. The topological polar surface area (TPSA) is 121 Å². The van der Waals surface area contributed by atoms with Crippen molar-refractivity contribution in [3.8, 4) is 0 Å². The van der Waals surface area contributed by atoms with E-state index in [2.05, 4.69) is 20.2 Å². The van der Waals surface area contributed by atoms with E-state index < -0.39 is 10.0 Å². The lowest BCUT2D eigenvalue weighted by atomic mass is 9.99. The normalized spacial score (nSPS) is 17.9. The number of aliphatic hydroxyl groups excluding tert-OH is 1. The van der Waals surface area contributed by atoms with E-state index in [-0.39, 0.29) is 17.4 Å². The number of aliphatic hydroxyl groups is 1. The summed E-state index contributed by atoms with van der Waals surface area (Å²) in [7, 11) is -3.72. The van der Waals surface area contributed by atoms with Crippen molar-refractivity contribution in [2.75, 3.05) is 29.9 Å². The number of rotatable bonds is 6. The first-order valence-electron chi connectivity index (χ1n) is 8.49. The van der Waals surface area contributed by atoms with Gasteiger partial charge in [-0.05, 0) is 36.5 Å². The van der Waals surface area contributed by atoms with Crippen LogP contribution in [-0.2, 0) is 16.6 Å². The maximum atomic E-state index is 11.4. The predicted octanol–water partition coefficient (Wildman–Crippen LogP) is 0.945. The standard InChI is InChI=1S/C17H23N5O3S/c18-26(24,25)15-5-1-3-13(7-15)9-19-16-8-17(21-12-20-16)22-6-2-4-14(10-22)11-23/h1,3,5,7-8,12,14,23H,2,4,6,9-11H2,(H2,18,24,25)(H,19,20,21)/t14-/m1/s1. The quantitative estimate of drug-likeness (QED) is 0.685. The van der Waals surface area contributed by atoms with Crippen LogP contribution in [0.25, 0.3) is 0 Å². The molecule has 0 amide bonds. The number of hydrogen-bond donors (Lipinski definition) is 3. The minimum atomic E-state index is -3.72. The number of nitrogens with zero attached hydrogens (tertiary/aromatic N) is 3. The molecule has 1 aromatic carbocycles. The number of nitrogens with two attached hydrogens (primary N) is 1. The molecule has 1 fully saturated rings. The van der Waals surface area contributed by atoms with Crippen LogP contribution >= 0.6 is 0 Å². The van der Waals surface area contributed by atoms with Gasteiger partial charge in [0.25, 0.3) is 0 Å². The van der Waals surface area contributed by atoms with Crippen molar-refractivity contribution in [1.82, 2.24) is 9.97 Å². The molecular formula is C17H23N5O3S. The SMILES string of the molecule is NS(=O)(=O)c1cccc(CNc2cc(N3CCC[C@@H](CO)C3)ncn2)c1. The van der Waals surface area contributed by atoms with Crippen molar-refractivity contribution in [1.29, 1.82) is 0 Å². The Morgan fingerprint density at radius 3 is 2.92 bits per heavy atom. The lowest BCUT2D eigenvalue weighted by Gasteiger charge is -2.32. The van der Waals surface area contributed by atoms with Gasteiger partial charge >= 0.3 is 0 Å². The van der Waals surface area contributed by atoms with Gasteiger partial charge in [-0.2, -0.15) is 0 Å². The molecule has 0 unspecified atom stereocenters. The van der Waals surface area contributed by atoms with Gasteiger partial charge in [0.1, 0.15) is 18.0 Å². The lowest BCUT2D eigenvalue weighted by molar-refractivity contribution is 0.208. The molecule has 1 aliphatic rings. The molecule has 2 aromatic rings. The Kier molecular flexibility index (Phi) is 5.70. The van der Waals surface area contributed by atoms with Crippen LogP contribution < -0.4 is 15.4 Å². The van der Waals surface area contributed by atoms with Gasteiger partial charge in [-0.25, -0.2) is 23.5 Å². The smallest absolute Gasteiger partial charge is 0.238 e. The summed E-state index contributed by atoms with van der Waals surface area (Å²) in [4.78, 5) is 10.8. The van der Waals surface area contributed by atoms with Crippen LogP contribution in [0.1, 0.15) is 18.4 Å². The Hall–Kier alpha value is -2.23. The van der Waals surface area contributed by atoms with Gasteiger partial charge in [0.2, 0.25) is 10.0 Å². The first kappa shape index (κ1) is 18.6. The summed E-state index contributed by atoms with van der Waals surface area (Å²) in [6.07, 6.45) is 3.56. The van der Waals surface area contributed by atoms with Gasteiger partial charge in [-0.3, -0.25) is 0 Å². The van der Waals surface area contributed by atoms with Gasteiger partial charge in [-0.15, -0.1) is 0 Å². The Bertz CT molecular complexity index is 859. The summed E-state index contributed by atoms with van der Waals surface area (Å²) in [5, 5.41) is 17.7. The third-order valence-electron chi connectivity index (χ3n) is 4.45. The zero-order chi connectivity index (χ0) is 18.6. The minimum absolute atomic E-state index is 0.0866. The summed E-state index contributed by atoms with van der Waals surface area (Å²) in [6.45, 7) is 2.29. The zero-order valence-electron chi connectivity index (χ0n) is 14.4. The number of benzene rings is 1. The Labute approximate surface area is 153 Å². The first-order valence-corrected chi connectivity index (χ1v) is 10.0. The highest BCUT2D eigenvalue weighted by molar-refractivity contribution is 7.89. The van der Waals surface area contributed by atoms with Gasteiger partial charge < -0.3 is 15.3 Å². The summed E-state index contributed by atoms with van der Waals surface area (Å²) >= 11 is 0. The fraction of sp³-hybridized carbons (Fsp3) is 0.412. The van der Waals surface area contributed by atoms with Crippen LogP contribution in [0.5, 0.6) is 0 Å². The van der Waals surface area contributed by atoms with Gasteiger partial charge in [-0.1, -0.05) is 12.1 Å². The lowest BCUT2D eigenvalue weighted by Crippen LogP contribution is -2.37. The molecule has 8 nitrogen and oxygen atoms in total. The van der Waals surface area contributed by atoms with Crippen LogP contribution in [0.4, 0.5) is 11.6 Å². The highest BCUT2D eigenvalue weighted by Crippen LogP contribution is 2.22. The van der Waals surface area contributed by atoms with Gasteiger partial charge in [0.15, 0.2) is 0 Å². The van der Waals surface area contributed by atoms with Crippen molar-refractivity contribution < 1.29 is 13.5 Å². The Morgan fingerprint density at radius 1 is 1.31 bits per heavy atom. The average Bonchev–Trinajstić information content (AvgIpc) is 2.66. The highest BCUT2D eigenvalue weighted by atomic mass is 32.2. The molecule has 9 heteroatoms. The molecule has 1 atom stereocenters. The van der Waals surface area contributed by atoms with E-state index in [1.807, 2.05) is 12.1 Å². The molecule has 3 rings (SSSR count). The third kappa shape index (κ3) is 4.69. The molecule has 0 bridgehead atoms. The molecule has 2 heterocycles. The van der Waals surface area contributed by atoms with Crippen molar-refractivity contribution in [3.05, 3.63) is 42.2 Å².